The second-order valence-corrected chi connectivity index (χ2v) is 2.88. The van der Waals surface area contributed by atoms with Gasteiger partial charge in [-0.05, 0) is 19.8 Å². The molecular formula is C8H12O4. The van der Waals surface area contributed by atoms with Crippen LogP contribution in [0.15, 0.2) is 0 Å². The second-order valence-electron chi connectivity index (χ2n) is 2.88. The van der Waals surface area contributed by atoms with Gasteiger partial charge in [0.05, 0.1) is 18.4 Å². The molecule has 12 heavy (non-hydrogen) atoms. The van der Waals surface area contributed by atoms with Crippen molar-refractivity contribution >= 4 is 11.9 Å². The van der Waals surface area contributed by atoms with Crippen molar-refractivity contribution in [3.63, 3.8) is 0 Å². The molecule has 4 heteroatoms. The Balaban J connectivity index is 2.43. The third-order valence-electron chi connectivity index (χ3n) is 2.18. The van der Waals surface area contributed by atoms with Gasteiger partial charge in [0.2, 0.25) is 0 Å². The zero-order valence-electron chi connectivity index (χ0n) is 6.95. The number of esters is 1. The first kappa shape index (κ1) is 9.03. The number of carbonyl (C=O) groups excluding carboxylic acids is 1. The number of ether oxygens (including phenoxy) is 1. The Kier molecular flexibility index (Phi) is 2.68. The third-order valence-corrected chi connectivity index (χ3v) is 2.18. The number of carbonyl (C=O) groups is 2. The molecule has 0 radical (unpaired) electrons. The van der Waals surface area contributed by atoms with Crippen molar-refractivity contribution in [2.24, 2.45) is 11.8 Å². The van der Waals surface area contributed by atoms with Gasteiger partial charge in [-0.3, -0.25) is 9.59 Å². The lowest BCUT2D eigenvalue weighted by atomic mass is 9.74. The molecular weight excluding hydrogens is 160 g/mol. The molecule has 0 aromatic carbocycles. The van der Waals surface area contributed by atoms with Gasteiger partial charge < -0.3 is 9.84 Å². The number of aliphatic carboxylic acids is 1. The third kappa shape index (κ3) is 1.57. The summed E-state index contributed by atoms with van der Waals surface area (Å²) in [5.41, 5.74) is 0. The van der Waals surface area contributed by atoms with Crippen molar-refractivity contribution in [1.29, 1.82) is 0 Å². The van der Waals surface area contributed by atoms with Gasteiger partial charge in [-0.15, -0.1) is 0 Å². The van der Waals surface area contributed by atoms with E-state index in [2.05, 4.69) is 0 Å². The maximum atomic E-state index is 11.1. The van der Waals surface area contributed by atoms with Crippen LogP contribution in [0.2, 0.25) is 0 Å². The summed E-state index contributed by atoms with van der Waals surface area (Å²) in [6.45, 7) is 2.04. The van der Waals surface area contributed by atoms with E-state index < -0.39 is 17.8 Å². The van der Waals surface area contributed by atoms with Gasteiger partial charge in [-0.2, -0.15) is 0 Å². The van der Waals surface area contributed by atoms with Gasteiger partial charge in [0, 0.05) is 0 Å². The van der Waals surface area contributed by atoms with Gasteiger partial charge >= 0.3 is 11.9 Å². The summed E-state index contributed by atoms with van der Waals surface area (Å²) in [5, 5.41) is 8.61. The monoisotopic (exact) mass is 172 g/mol. The number of rotatable bonds is 3. The van der Waals surface area contributed by atoms with Crippen molar-refractivity contribution in [1.82, 2.24) is 0 Å². The second kappa shape index (κ2) is 3.56. The van der Waals surface area contributed by atoms with Crippen molar-refractivity contribution in [2.45, 2.75) is 19.8 Å². The summed E-state index contributed by atoms with van der Waals surface area (Å²) in [6.07, 6.45) is 1.24. The lowest BCUT2D eigenvalue weighted by molar-refractivity contribution is -0.163. The topological polar surface area (TPSA) is 63.6 Å². The fraction of sp³-hybridized carbons (Fsp3) is 0.750. The van der Waals surface area contributed by atoms with Gasteiger partial charge in [-0.25, -0.2) is 0 Å². The first-order valence-electron chi connectivity index (χ1n) is 4.06. The molecule has 0 amide bonds. The van der Waals surface area contributed by atoms with Gasteiger partial charge in [0.25, 0.3) is 0 Å². The van der Waals surface area contributed by atoms with Gasteiger partial charge in [0.1, 0.15) is 0 Å². The largest absolute Gasteiger partial charge is 0.481 e. The summed E-state index contributed by atoms with van der Waals surface area (Å²) in [4.78, 5) is 21.5. The molecule has 1 saturated carbocycles. The predicted octanol–water partition coefficient (Wildman–Crippen LogP) is 0.660. The van der Waals surface area contributed by atoms with Crippen LogP contribution >= 0.6 is 0 Å². The Bertz CT molecular complexity index is 199. The van der Waals surface area contributed by atoms with E-state index in [9.17, 15) is 9.59 Å². The van der Waals surface area contributed by atoms with E-state index in [0.717, 1.165) is 0 Å². The molecule has 0 unspecified atom stereocenters. The number of hydrogen-bond acceptors (Lipinski definition) is 3. The SMILES string of the molecule is CCOC(=O)[C@@H]1CC[C@@H]1C(=O)O. The molecule has 0 spiro atoms. The molecule has 1 N–H and O–H groups in total. The summed E-state index contributed by atoms with van der Waals surface area (Å²) in [5.74, 6) is -2.16. The van der Waals surface area contributed by atoms with Crippen molar-refractivity contribution in [3.05, 3.63) is 0 Å². The standard InChI is InChI=1S/C8H12O4/c1-2-12-8(11)6-4-3-5(6)7(9)10/h5-6H,2-4H2,1H3,(H,9,10)/t5-,6+/m0/s1. The highest BCUT2D eigenvalue weighted by molar-refractivity contribution is 5.82. The Morgan fingerprint density at radius 2 is 2.00 bits per heavy atom. The fourth-order valence-corrected chi connectivity index (χ4v) is 1.33. The molecule has 0 bridgehead atoms. The van der Waals surface area contributed by atoms with E-state index in [4.69, 9.17) is 9.84 Å². The van der Waals surface area contributed by atoms with Crippen LogP contribution in [0, 0.1) is 11.8 Å². The summed E-state index contributed by atoms with van der Waals surface area (Å²) in [6, 6.07) is 0. The molecule has 1 rings (SSSR count). The average Bonchev–Trinajstić information content (AvgIpc) is 1.82. The molecule has 0 heterocycles. The highest BCUT2D eigenvalue weighted by Gasteiger charge is 2.42. The van der Waals surface area contributed by atoms with Crippen molar-refractivity contribution in [3.8, 4) is 0 Å². The molecule has 0 aliphatic heterocycles. The van der Waals surface area contributed by atoms with Gasteiger partial charge in [0.15, 0.2) is 0 Å². The lowest BCUT2D eigenvalue weighted by Gasteiger charge is -2.30. The molecule has 0 aromatic rings. The highest BCUT2D eigenvalue weighted by atomic mass is 16.5. The first-order valence-corrected chi connectivity index (χ1v) is 4.06. The van der Waals surface area contributed by atoms with Crippen LogP contribution in [0.3, 0.4) is 0 Å². The zero-order valence-corrected chi connectivity index (χ0v) is 6.95. The van der Waals surface area contributed by atoms with Crippen LogP contribution in [-0.4, -0.2) is 23.7 Å². The van der Waals surface area contributed by atoms with Crippen LogP contribution in [-0.2, 0) is 14.3 Å². The highest BCUT2D eigenvalue weighted by Crippen LogP contribution is 2.35. The Morgan fingerprint density at radius 3 is 2.33 bits per heavy atom. The first-order chi connectivity index (χ1) is 5.66. The minimum atomic E-state index is -0.890. The average molecular weight is 172 g/mol. The fourth-order valence-electron chi connectivity index (χ4n) is 1.33. The molecule has 1 fully saturated rings. The molecule has 1 aliphatic carbocycles. The molecule has 4 nitrogen and oxygen atoms in total. The molecule has 1 aliphatic rings. The van der Waals surface area contributed by atoms with Crippen LogP contribution in [0.25, 0.3) is 0 Å². The minimum absolute atomic E-state index is 0.321. The van der Waals surface area contributed by atoms with E-state index >= 15 is 0 Å². The summed E-state index contributed by atoms with van der Waals surface area (Å²) >= 11 is 0. The lowest BCUT2D eigenvalue weighted by Crippen LogP contribution is -2.39. The zero-order chi connectivity index (χ0) is 9.14. The van der Waals surface area contributed by atoms with E-state index in [1.54, 1.807) is 6.92 Å². The molecule has 0 saturated heterocycles. The maximum absolute atomic E-state index is 11.1. The summed E-state index contributed by atoms with van der Waals surface area (Å²) < 4.78 is 4.72. The Morgan fingerprint density at radius 1 is 1.42 bits per heavy atom. The smallest absolute Gasteiger partial charge is 0.309 e. The Labute approximate surface area is 70.5 Å². The quantitative estimate of drug-likeness (QED) is 0.635. The van der Waals surface area contributed by atoms with Crippen LogP contribution in [0.1, 0.15) is 19.8 Å². The van der Waals surface area contributed by atoms with Crippen molar-refractivity contribution in [2.75, 3.05) is 6.61 Å². The van der Waals surface area contributed by atoms with E-state index in [1.165, 1.54) is 0 Å². The summed E-state index contributed by atoms with van der Waals surface area (Å²) in [7, 11) is 0. The van der Waals surface area contributed by atoms with Crippen LogP contribution in [0.4, 0.5) is 0 Å². The van der Waals surface area contributed by atoms with E-state index in [-0.39, 0.29) is 5.97 Å². The van der Waals surface area contributed by atoms with Gasteiger partial charge in [-0.1, -0.05) is 0 Å². The molecule has 2 atom stereocenters. The molecule has 68 valence electrons. The minimum Gasteiger partial charge on any atom is -0.481 e. The van der Waals surface area contributed by atoms with Crippen LogP contribution < -0.4 is 0 Å². The number of carboxylic acids is 1. The maximum Gasteiger partial charge on any atom is 0.309 e. The number of hydrogen-bond donors (Lipinski definition) is 1. The van der Waals surface area contributed by atoms with E-state index in [0.29, 0.717) is 19.4 Å². The van der Waals surface area contributed by atoms with E-state index in [1.807, 2.05) is 0 Å². The normalized spacial score (nSPS) is 27.4. The van der Waals surface area contributed by atoms with Crippen molar-refractivity contribution < 1.29 is 19.4 Å². The molecule has 0 aromatic heterocycles. The predicted molar refractivity (Wildman–Crippen MR) is 40.5 cm³/mol. The van der Waals surface area contributed by atoms with Crippen LogP contribution in [0.5, 0.6) is 0 Å². The number of carboxylic acid groups (broad SMARTS) is 1. The Hall–Kier alpha value is -1.06.